The Morgan fingerprint density at radius 2 is 1.77 bits per heavy atom. The maximum absolute atomic E-state index is 14.7. The lowest BCUT2D eigenvalue weighted by Gasteiger charge is -2.43. The van der Waals surface area contributed by atoms with E-state index in [1.807, 2.05) is 65.8 Å². The van der Waals surface area contributed by atoms with Crippen LogP contribution in [0.2, 0.25) is 0 Å². The zero-order valence-electron chi connectivity index (χ0n) is 26.7. The van der Waals surface area contributed by atoms with Crippen LogP contribution in [-0.4, -0.2) is 87.8 Å². The molecule has 3 heterocycles. The molecule has 1 N–H and O–H groups in total. The highest BCUT2D eigenvalue weighted by Gasteiger charge is 2.79. The predicted molar refractivity (Wildman–Crippen MR) is 167 cm³/mol. The van der Waals surface area contributed by atoms with Gasteiger partial charge in [0.05, 0.1) is 36.7 Å². The van der Waals surface area contributed by atoms with Crippen LogP contribution in [0.4, 0.5) is 5.69 Å². The van der Waals surface area contributed by atoms with Crippen molar-refractivity contribution in [3.63, 3.8) is 0 Å². The van der Waals surface area contributed by atoms with E-state index >= 15 is 0 Å². The van der Waals surface area contributed by atoms with Crippen LogP contribution >= 0.6 is 0 Å². The molecule has 1 aromatic carbocycles. The molecule has 0 aromatic heterocycles. The van der Waals surface area contributed by atoms with E-state index in [4.69, 9.17) is 9.47 Å². The predicted octanol–water partition coefficient (Wildman–Crippen LogP) is 4.34. The number of amides is 3. The molecular formula is C34H49N3O6. The fourth-order valence-corrected chi connectivity index (χ4v) is 7.60. The number of hydrogen-bond donors (Lipinski definition) is 1. The van der Waals surface area contributed by atoms with Crippen molar-refractivity contribution in [1.29, 1.82) is 0 Å². The number of carbonyl (C=O) groups excluding carboxylic acids is 3. The Hall–Kier alpha value is -3.17. The van der Waals surface area contributed by atoms with E-state index in [-0.39, 0.29) is 30.9 Å². The molecular weight excluding hydrogens is 546 g/mol. The second kappa shape index (κ2) is 12.4. The summed E-state index contributed by atoms with van der Waals surface area (Å²) in [6.07, 6.45) is 5.36. The van der Waals surface area contributed by atoms with E-state index in [1.165, 1.54) is 0 Å². The Morgan fingerprint density at radius 3 is 2.28 bits per heavy atom. The molecule has 3 amide bonds. The summed E-state index contributed by atoms with van der Waals surface area (Å²) in [4.78, 5) is 48.9. The van der Waals surface area contributed by atoms with Gasteiger partial charge in [0.15, 0.2) is 0 Å². The third-order valence-corrected chi connectivity index (χ3v) is 9.62. The van der Waals surface area contributed by atoms with Crippen molar-refractivity contribution in [3.05, 3.63) is 49.6 Å². The lowest BCUT2D eigenvalue weighted by Crippen LogP contribution is -2.61. The lowest BCUT2D eigenvalue weighted by atomic mass is 9.64. The van der Waals surface area contributed by atoms with Crippen molar-refractivity contribution >= 4 is 23.4 Å². The molecule has 0 radical (unpaired) electrons. The van der Waals surface area contributed by atoms with Crippen molar-refractivity contribution in [2.75, 3.05) is 31.2 Å². The van der Waals surface area contributed by atoms with E-state index < -0.39 is 40.7 Å². The monoisotopic (exact) mass is 595 g/mol. The van der Waals surface area contributed by atoms with E-state index in [1.54, 1.807) is 26.9 Å². The van der Waals surface area contributed by atoms with E-state index in [0.29, 0.717) is 50.3 Å². The molecule has 2 bridgehead atoms. The number of aliphatic hydroxyl groups is 1. The summed E-state index contributed by atoms with van der Waals surface area (Å²) in [5.41, 5.74) is -1.97. The molecule has 6 atom stereocenters. The van der Waals surface area contributed by atoms with E-state index in [2.05, 4.69) is 13.2 Å². The molecule has 3 saturated heterocycles. The molecule has 3 fully saturated rings. The fourth-order valence-electron chi connectivity index (χ4n) is 7.60. The minimum absolute atomic E-state index is 0.227. The number of likely N-dealkylation sites (tertiary alicyclic amines) is 1. The van der Waals surface area contributed by atoms with Gasteiger partial charge in [-0.1, -0.05) is 26.0 Å². The van der Waals surface area contributed by atoms with Crippen molar-refractivity contribution in [3.8, 4) is 5.75 Å². The first kappa shape index (κ1) is 32.7. The van der Waals surface area contributed by atoms with Crippen LogP contribution in [0.25, 0.3) is 0 Å². The zero-order chi connectivity index (χ0) is 31.7. The maximum Gasteiger partial charge on any atom is 0.249 e. The van der Waals surface area contributed by atoms with Gasteiger partial charge >= 0.3 is 0 Å². The highest BCUT2D eigenvalue weighted by Crippen LogP contribution is 2.65. The van der Waals surface area contributed by atoms with Gasteiger partial charge in [-0.15, -0.1) is 13.2 Å². The molecule has 9 heteroatoms. The molecule has 3 aliphatic rings. The Balaban J connectivity index is 1.85. The number of aliphatic hydroxyl groups excluding tert-OH is 1. The standard InChI is InChI=1S/C34H49N3O6/c1-9-20-35(24-14-16-25(17-15-24)42-13-5)29(39)26-27-30(40)37(23(11-3)22-38)28(31(41)36(21-10-2)32(6,7)8)34(27)19-18-33(26,12-4)43-34/h9-10,14-17,23,26-28,38H,1-2,11-13,18-22H2,3-8H3/t23-,26-,27-,28?,33+,34?/m0/s1. The Labute approximate surface area is 256 Å². The van der Waals surface area contributed by atoms with Crippen molar-refractivity contribution in [2.45, 2.75) is 96.1 Å². The molecule has 1 spiro atoms. The van der Waals surface area contributed by atoms with Gasteiger partial charge in [0, 0.05) is 24.3 Å². The molecule has 0 saturated carbocycles. The summed E-state index contributed by atoms with van der Waals surface area (Å²) in [6, 6.07) is 5.76. The minimum atomic E-state index is -1.18. The summed E-state index contributed by atoms with van der Waals surface area (Å²) in [5, 5.41) is 10.4. The van der Waals surface area contributed by atoms with Crippen molar-refractivity contribution in [1.82, 2.24) is 9.80 Å². The second-order valence-electron chi connectivity index (χ2n) is 12.9. The number of ether oxygens (including phenoxy) is 2. The third kappa shape index (κ3) is 5.29. The van der Waals surface area contributed by atoms with Crippen LogP contribution in [0, 0.1) is 11.8 Å². The van der Waals surface area contributed by atoms with Crippen molar-refractivity contribution in [2.24, 2.45) is 11.8 Å². The highest BCUT2D eigenvalue weighted by atomic mass is 16.5. The van der Waals surface area contributed by atoms with Crippen LogP contribution < -0.4 is 9.64 Å². The van der Waals surface area contributed by atoms with E-state index in [0.717, 1.165) is 0 Å². The van der Waals surface area contributed by atoms with Crippen LogP contribution in [0.3, 0.4) is 0 Å². The average molecular weight is 596 g/mol. The SMILES string of the molecule is C=CCN(C(=O)[C@@H]1[C@H]2C(=O)N([C@@H](CC)CO)C(C(=O)N(CC=C)C(C)(C)C)C23CC[C@@]1(CC)O3)c1ccc(OCC)cc1. The zero-order valence-corrected chi connectivity index (χ0v) is 26.7. The number of benzene rings is 1. The number of rotatable bonds is 13. The number of anilines is 1. The van der Waals surface area contributed by atoms with Crippen LogP contribution in [-0.2, 0) is 19.1 Å². The van der Waals surface area contributed by atoms with Crippen LogP contribution in [0.15, 0.2) is 49.6 Å². The van der Waals surface area contributed by atoms with Crippen LogP contribution in [0.5, 0.6) is 5.75 Å². The van der Waals surface area contributed by atoms with Crippen molar-refractivity contribution < 1.29 is 29.0 Å². The van der Waals surface area contributed by atoms with Gasteiger partial charge < -0.3 is 29.3 Å². The summed E-state index contributed by atoms with van der Waals surface area (Å²) >= 11 is 0. The molecule has 236 valence electrons. The van der Waals surface area contributed by atoms with Gasteiger partial charge in [-0.05, 0) is 77.6 Å². The minimum Gasteiger partial charge on any atom is -0.494 e. The van der Waals surface area contributed by atoms with Gasteiger partial charge in [0.25, 0.3) is 0 Å². The lowest BCUT2D eigenvalue weighted by molar-refractivity contribution is -0.159. The fraction of sp³-hybridized carbons (Fsp3) is 0.618. The first-order valence-corrected chi connectivity index (χ1v) is 15.6. The molecule has 3 aliphatic heterocycles. The quantitative estimate of drug-likeness (QED) is 0.341. The Morgan fingerprint density at radius 1 is 1.12 bits per heavy atom. The highest BCUT2D eigenvalue weighted by molar-refractivity contribution is 6.03. The Bertz CT molecular complexity index is 1220. The normalized spacial score (nSPS) is 28.4. The molecule has 2 unspecified atom stereocenters. The van der Waals surface area contributed by atoms with Gasteiger partial charge in [-0.2, -0.15) is 0 Å². The smallest absolute Gasteiger partial charge is 0.249 e. The Kier molecular flexibility index (Phi) is 9.47. The first-order chi connectivity index (χ1) is 20.4. The first-order valence-electron chi connectivity index (χ1n) is 15.6. The second-order valence-corrected chi connectivity index (χ2v) is 12.9. The third-order valence-electron chi connectivity index (χ3n) is 9.62. The number of fused-ring (bicyclic) bond motifs is 1. The van der Waals surface area contributed by atoms with Gasteiger partial charge in [-0.25, -0.2) is 0 Å². The topological polar surface area (TPSA) is 99.6 Å². The molecule has 1 aromatic rings. The van der Waals surface area contributed by atoms with Gasteiger partial charge in [-0.3, -0.25) is 14.4 Å². The number of carbonyl (C=O) groups is 3. The summed E-state index contributed by atoms with van der Waals surface area (Å²) in [5.74, 6) is -1.73. The van der Waals surface area contributed by atoms with Gasteiger partial charge in [0.2, 0.25) is 17.7 Å². The van der Waals surface area contributed by atoms with Crippen LogP contribution in [0.1, 0.15) is 67.2 Å². The molecule has 0 aliphatic carbocycles. The summed E-state index contributed by atoms with van der Waals surface area (Å²) in [6.45, 7) is 20.2. The largest absolute Gasteiger partial charge is 0.494 e. The number of nitrogens with zero attached hydrogens (tertiary/aromatic N) is 3. The average Bonchev–Trinajstić information content (AvgIpc) is 3.58. The molecule has 4 rings (SSSR count). The summed E-state index contributed by atoms with van der Waals surface area (Å²) in [7, 11) is 0. The number of hydrogen-bond acceptors (Lipinski definition) is 6. The van der Waals surface area contributed by atoms with Gasteiger partial charge in [0.1, 0.15) is 17.4 Å². The summed E-state index contributed by atoms with van der Waals surface area (Å²) < 4.78 is 12.6. The van der Waals surface area contributed by atoms with E-state index in [9.17, 15) is 19.5 Å². The maximum atomic E-state index is 14.7. The molecule has 9 nitrogen and oxygen atoms in total. The molecule has 43 heavy (non-hydrogen) atoms.